The van der Waals surface area contributed by atoms with Crippen LogP contribution >= 0.6 is 11.3 Å². The number of fused-ring (bicyclic) bond motifs is 1. The highest BCUT2D eigenvalue weighted by Gasteiger charge is 2.33. The van der Waals surface area contributed by atoms with Gasteiger partial charge in [-0.3, -0.25) is 9.59 Å². The van der Waals surface area contributed by atoms with Crippen molar-refractivity contribution < 1.29 is 14.0 Å². The molecule has 3 aromatic rings. The van der Waals surface area contributed by atoms with Crippen LogP contribution in [0.1, 0.15) is 38.4 Å². The molecule has 0 unspecified atom stereocenters. The van der Waals surface area contributed by atoms with E-state index in [-0.39, 0.29) is 23.7 Å². The van der Waals surface area contributed by atoms with Crippen LogP contribution in [0.5, 0.6) is 0 Å². The third kappa shape index (κ3) is 3.57. The van der Waals surface area contributed by atoms with Crippen LogP contribution < -0.4 is 5.32 Å². The molecule has 27 heavy (non-hydrogen) atoms. The Bertz CT molecular complexity index is 1010. The Hall–Kier alpha value is -2.73. The summed E-state index contributed by atoms with van der Waals surface area (Å²) in [7, 11) is 1.59. The van der Waals surface area contributed by atoms with Gasteiger partial charge in [-0.15, -0.1) is 11.3 Å². The predicted molar refractivity (Wildman–Crippen MR) is 105 cm³/mol. The van der Waals surface area contributed by atoms with Crippen molar-refractivity contribution in [3.63, 3.8) is 0 Å². The summed E-state index contributed by atoms with van der Waals surface area (Å²) in [5, 5.41) is 3.09. The fourth-order valence-electron chi connectivity index (χ4n) is 3.13. The van der Waals surface area contributed by atoms with Crippen LogP contribution in [0.2, 0.25) is 0 Å². The summed E-state index contributed by atoms with van der Waals surface area (Å²) >= 11 is 1.33. The molecule has 1 saturated carbocycles. The number of hydrogen-bond donors (Lipinski definition) is 1. The lowest BCUT2D eigenvalue weighted by Gasteiger charge is -2.22. The van der Waals surface area contributed by atoms with Gasteiger partial charge < -0.3 is 10.2 Å². The average Bonchev–Trinajstić information content (AvgIpc) is 3.43. The molecule has 6 heteroatoms. The summed E-state index contributed by atoms with van der Waals surface area (Å²) in [4.78, 5) is 27.2. The first-order valence-corrected chi connectivity index (χ1v) is 9.68. The van der Waals surface area contributed by atoms with Crippen molar-refractivity contribution in [2.24, 2.45) is 0 Å². The minimum absolute atomic E-state index is 0.0616. The molecule has 1 N–H and O–H groups in total. The highest BCUT2D eigenvalue weighted by molar-refractivity contribution is 7.20. The molecular formula is C21H19FN2O2S. The normalized spacial score (nSPS) is 13.6. The fraction of sp³-hybridized carbons (Fsp3) is 0.238. The minimum atomic E-state index is -0.300. The average molecular weight is 382 g/mol. The van der Waals surface area contributed by atoms with Crippen molar-refractivity contribution >= 4 is 33.2 Å². The third-order valence-corrected chi connectivity index (χ3v) is 5.85. The van der Waals surface area contributed by atoms with Gasteiger partial charge in [0.2, 0.25) is 0 Å². The maximum atomic E-state index is 14.0. The van der Waals surface area contributed by atoms with E-state index >= 15 is 0 Å². The lowest BCUT2D eigenvalue weighted by atomic mass is 10.1. The van der Waals surface area contributed by atoms with E-state index in [0.717, 1.165) is 23.1 Å². The third-order valence-electron chi connectivity index (χ3n) is 4.76. The Kier molecular flexibility index (Phi) is 4.66. The lowest BCUT2D eigenvalue weighted by molar-refractivity contribution is 0.0734. The smallest absolute Gasteiger partial charge is 0.264 e. The quantitative estimate of drug-likeness (QED) is 0.719. The predicted octanol–water partition coefficient (Wildman–Crippen LogP) is 4.20. The summed E-state index contributed by atoms with van der Waals surface area (Å²) in [6, 6.07) is 14.1. The lowest BCUT2D eigenvalue weighted by Crippen LogP contribution is -2.32. The molecule has 0 aliphatic heterocycles. The first-order valence-electron chi connectivity index (χ1n) is 8.87. The van der Waals surface area contributed by atoms with E-state index in [0.29, 0.717) is 22.4 Å². The summed E-state index contributed by atoms with van der Waals surface area (Å²) in [6.07, 6.45) is 1.97. The molecule has 0 radical (unpaired) electrons. The van der Waals surface area contributed by atoms with Gasteiger partial charge >= 0.3 is 0 Å². The molecule has 1 aromatic heterocycles. The van der Waals surface area contributed by atoms with E-state index in [2.05, 4.69) is 5.32 Å². The summed E-state index contributed by atoms with van der Waals surface area (Å²) in [5.41, 5.74) is 1.56. The van der Waals surface area contributed by atoms with Crippen LogP contribution in [0, 0.1) is 5.82 Å². The molecule has 4 rings (SSSR count). The first-order chi connectivity index (χ1) is 13.1. The first kappa shape index (κ1) is 17.7. The van der Waals surface area contributed by atoms with Crippen LogP contribution in [-0.4, -0.2) is 29.8 Å². The number of carbonyl (C=O) groups excluding carboxylic acids is 2. The Morgan fingerprint density at radius 1 is 1.19 bits per heavy atom. The number of rotatable bonds is 5. The highest BCUT2D eigenvalue weighted by Crippen LogP contribution is 2.33. The van der Waals surface area contributed by atoms with Crippen molar-refractivity contribution in [3.05, 3.63) is 70.4 Å². The second-order valence-electron chi connectivity index (χ2n) is 6.70. The number of carbonyl (C=O) groups is 2. The highest BCUT2D eigenvalue weighted by atomic mass is 32.1. The molecule has 2 aromatic carbocycles. The van der Waals surface area contributed by atoms with E-state index in [1.165, 1.54) is 17.4 Å². The summed E-state index contributed by atoms with van der Waals surface area (Å²) in [5.74, 6) is -0.497. The van der Waals surface area contributed by atoms with Gasteiger partial charge in [0.25, 0.3) is 11.8 Å². The van der Waals surface area contributed by atoms with Gasteiger partial charge in [-0.1, -0.05) is 18.2 Å². The van der Waals surface area contributed by atoms with E-state index in [1.54, 1.807) is 31.3 Å². The Balaban J connectivity index is 1.57. The SMILES string of the molecule is CNC(=O)c1ccc(CN(C(=O)c2cc3c(F)cccc3s2)C2CC2)cc1. The number of halogens is 1. The molecule has 1 heterocycles. The van der Waals surface area contributed by atoms with Gasteiger partial charge in [-0.05, 0) is 48.7 Å². The van der Waals surface area contributed by atoms with E-state index in [4.69, 9.17) is 0 Å². The van der Waals surface area contributed by atoms with E-state index in [1.807, 2.05) is 23.1 Å². The molecule has 0 atom stereocenters. The van der Waals surface area contributed by atoms with Crippen molar-refractivity contribution in [1.29, 1.82) is 0 Å². The van der Waals surface area contributed by atoms with Crippen LogP contribution in [0.4, 0.5) is 4.39 Å². The number of benzene rings is 2. The zero-order valence-electron chi connectivity index (χ0n) is 14.9. The topological polar surface area (TPSA) is 49.4 Å². The van der Waals surface area contributed by atoms with Crippen molar-refractivity contribution in [2.75, 3.05) is 7.05 Å². The van der Waals surface area contributed by atoms with Crippen LogP contribution in [0.3, 0.4) is 0 Å². The molecule has 0 saturated heterocycles. The van der Waals surface area contributed by atoms with Crippen molar-refractivity contribution in [2.45, 2.75) is 25.4 Å². The van der Waals surface area contributed by atoms with Gasteiger partial charge in [-0.2, -0.15) is 0 Å². The standard InChI is InChI=1S/C21H19FN2O2S/c1-23-20(25)14-7-5-13(6-8-14)12-24(15-9-10-15)21(26)19-11-16-17(22)3-2-4-18(16)27-19/h2-8,11,15H,9-10,12H2,1H3,(H,23,25). The molecule has 1 fully saturated rings. The van der Waals surface area contributed by atoms with Crippen molar-refractivity contribution in [1.82, 2.24) is 10.2 Å². The molecule has 1 aliphatic rings. The molecule has 138 valence electrons. The summed E-state index contributed by atoms with van der Waals surface area (Å²) in [6.45, 7) is 0.480. The van der Waals surface area contributed by atoms with Gasteiger partial charge in [0.15, 0.2) is 0 Å². The second-order valence-corrected chi connectivity index (χ2v) is 7.79. The summed E-state index contributed by atoms with van der Waals surface area (Å²) < 4.78 is 14.7. The van der Waals surface area contributed by atoms with E-state index in [9.17, 15) is 14.0 Å². The Labute approximate surface area is 160 Å². The molecule has 2 amide bonds. The monoisotopic (exact) mass is 382 g/mol. The molecule has 4 nitrogen and oxygen atoms in total. The zero-order valence-corrected chi connectivity index (χ0v) is 15.7. The van der Waals surface area contributed by atoms with Gasteiger partial charge in [0.05, 0.1) is 4.88 Å². The number of thiophene rings is 1. The molecule has 0 spiro atoms. The van der Waals surface area contributed by atoms with Crippen LogP contribution in [-0.2, 0) is 6.54 Å². The molecule has 0 bridgehead atoms. The second kappa shape index (κ2) is 7.12. The number of amides is 2. The van der Waals surface area contributed by atoms with Crippen LogP contribution in [0.25, 0.3) is 10.1 Å². The maximum Gasteiger partial charge on any atom is 0.264 e. The van der Waals surface area contributed by atoms with E-state index < -0.39 is 0 Å². The Morgan fingerprint density at radius 3 is 2.56 bits per heavy atom. The zero-order chi connectivity index (χ0) is 19.0. The number of nitrogens with one attached hydrogen (secondary N) is 1. The largest absolute Gasteiger partial charge is 0.355 e. The molecular weight excluding hydrogens is 363 g/mol. The maximum absolute atomic E-state index is 14.0. The van der Waals surface area contributed by atoms with Gasteiger partial charge in [-0.25, -0.2) is 4.39 Å². The fourth-order valence-corrected chi connectivity index (χ4v) is 4.16. The van der Waals surface area contributed by atoms with Crippen molar-refractivity contribution in [3.8, 4) is 0 Å². The molecule has 1 aliphatic carbocycles. The Morgan fingerprint density at radius 2 is 1.93 bits per heavy atom. The van der Waals surface area contributed by atoms with Crippen LogP contribution in [0.15, 0.2) is 48.5 Å². The number of nitrogens with zero attached hydrogens (tertiary/aromatic N) is 1. The number of hydrogen-bond acceptors (Lipinski definition) is 3. The van der Waals surface area contributed by atoms with Gasteiger partial charge in [0, 0.05) is 35.3 Å². The minimum Gasteiger partial charge on any atom is -0.355 e. The van der Waals surface area contributed by atoms with Gasteiger partial charge in [0.1, 0.15) is 5.82 Å².